The highest BCUT2D eigenvalue weighted by Crippen LogP contribution is 2.50. The predicted molar refractivity (Wildman–Crippen MR) is 551 cm³/mol. The monoisotopic (exact) mass is 1840 g/mol. The molecule has 26 rings (SSSR count). The Bertz CT molecular complexity index is 8700. The van der Waals surface area contributed by atoms with Crippen molar-refractivity contribution < 1.29 is 23.6 Å². The van der Waals surface area contributed by atoms with E-state index in [1.807, 2.05) is 97.1 Å². The van der Waals surface area contributed by atoms with Gasteiger partial charge in [0.2, 0.25) is 5.28 Å². The molecule has 5 heterocycles. The highest BCUT2D eigenvalue weighted by atomic mass is 79.9. The molecule has 135 heavy (non-hydrogen) atoms. The van der Waals surface area contributed by atoms with Gasteiger partial charge in [0.15, 0.2) is 0 Å². The van der Waals surface area contributed by atoms with Gasteiger partial charge in [-0.25, -0.2) is 18.7 Å². The van der Waals surface area contributed by atoms with Gasteiger partial charge in [0.1, 0.15) is 11.6 Å². The standard InChI is InChI=1S/C32H20N2O2.C32H20N2.C20H15N.C14H9ClN2.C12H8FNO2.C6H3BrFNO2/c35-34(36)28-19-16-24(20-27(28)21-8-2-1-3-9-21)33-29-17-14-22-10-4-6-12-25(22)31(29)32-26-13-7-5-11-23(26)15-18-30(32)33;1-3-9-23-20(7-1)13-17-29-31(23)32-24-10-4-2-8-21(24)14-18-30(32)34(29)22-15-16-28-26(19-22)25-11-5-6-12-27(25)33-28;1-3-7-15-13(5-1)9-11-17-19(15)20-16-8-4-2-6-14(16)10-12-18(20)21-17;15-14-16-12-9-5-4-8-11(12)13(17-14)10-6-2-1-3-7-10;13-10-6-7-12(14(15)16)11(8-10)9-4-2-1-3-5-9;7-5-3-4(8)1-2-6(5)9(10)11/h1-20H;1-19,33H;1-12,17,19,21H;1-9H;1-8H;1-3H. The van der Waals surface area contributed by atoms with Crippen molar-refractivity contribution in [2.75, 3.05) is 5.32 Å². The number of nitro benzene ring substituents is 3. The second-order valence-electron chi connectivity index (χ2n) is 32.9. The molecular formula is C116H75BrClF2N9O6. The van der Waals surface area contributed by atoms with Gasteiger partial charge in [-0.3, -0.25) is 30.3 Å². The summed E-state index contributed by atoms with van der Waals surface area (Å²) in [5.74, 6) is -0.556. The molecule has 0 saturated carbocycles. The third-order valence-corrected chi connectivity index (χ3v) is 25.9. The number of aromatic amines is 1. The van der Waals surface area contributed by atoms with Gasteiger partial charge in [-0.05, 0) is 206 Å². The summed E-state index contributed by atoms with van der Waals surface area (Å²) in [5.41, 5.74) is 19.6. The molecule has 0 spiro atoms. The first-order valence-electron chi connectivity index (χ1n) is 43.8. The molecule has 2 unspecified atom stereocenters. The first-order valence-corrected chi connectivity index (χ1v) is 44.9. The molecule has 648 valence electrons. The van der Waals surface area contributed by atoms with Crippen molar-refractivity contribution >= 4 is 187 Å². The predicted octanol–water partition coefficient (Wildman–Crippen LogP) is 32.0. The maximum Gasteiger partial charge on any atom is 0.283 e. The van der Waals surface area contributed by atoms with Crippen molar-refractivity contribution in [2.45, 2.75) is 12.0 Å². The summed E-state index contributed by atoms with van der Waals surface area (Å²) in [6.07, 6.45) is 4.55. The van der Waals surface area contributed by atoms with E-state index in [9.17, 15) is 39.1 Å². The van der Waals surface area contributed by atoms with Crippen LogP contribution >= 0.6 is 27.5 Å². The molecule has 0 fully saturated rings. The molecule has 15 nitrogen and oxygen atoms in total. The maximum atomic E-state index is 13.1. The number of fused-ring (bicyclic) bond motifs is 25. The molecule has 1 aliphatic carbocycles. The van der Waals surface area contributed by atoms with Gasteiger partial charge in [0.25, 0.3) is 17.1 Å². The Morgan fingerprint density at radius 1 is 0.348 bits per heavy atom. The Hall–Kier alpha value is -17.2. The first-order chi connectivity index (χ1) is 66.1. The minimum Gasteiger partial charge on any atom is -0.378 e. The summed E-state index contributed by atoms with van der Waals surface area (Å²) in [7, 11) is 0. The Labute approximate surface area is 784 Å². The van der Waals surface area contributed by atoms with Gasteiger partial charge >= 0.3 is 0 Å². The summed E-state index contributed by atoms with van der Waals surface area (Å²) < 4.78 is 30.3. The number of nitrogens with zero attached hydrogens (tertiary/aromatic N) is 7. The molecule has 19 heteroatoms. The molecule has 0 amide bonds. The number of rotatable bonds is 8. The fourth-order valence-corrected chi connectivity index (χ4v) is 19.8. The third kappa shape index (κ3) is 16.1. The molecule has 4 aromatic heterocycles. The van der Waals surface area contributed by atoms with Crippen molar-refractivity contribution in [2.24, 2.45) is 0 Å². The van der Waals surface area contributed by atoms with Gasteiger partial charge in [-0.15, -0.1) is 0 Å². The lowest BCUT2D eigenvalue weighted by Crippen LogP contribution is -2.21. The van der Waals surface area contributed by atoms with Gasteiger partial charge in [0.05, 0.1) is 69.7 Å². The van der Waals surface area contributed by atoms with Gasteiger partial charge in [-0.2, -0.15) is 0 Å². The molecule has 0 bridgehead atoms. The fourth-order valence-electron chi connectivity index (χ4n) is 19.2. The van der Waals surface area contributed by atoms with Crippen LogP contribution in [-0.2, 0) is 0 Å². The summed E-state index contributed by atoms with van der Waals surface area (Å²) >= 11 is 8.82. The number of anilines is 1. The van der Waals surface area contributed by atoms with E-state index >= 15 is 0 Å². The lowest BCUT2D eigenvalue weighted by Gasteiger charge is -2.24. The van der Waals surface area contributed by atoms with Crippen molar-refractivity contribution in [1.29, 1.82) is 0 Å². The third-order valence-electron chi connectivity index (χ3n) is 25.1. The number of benzene rings is 20. The lowest BCUT2D eigenvalue weighted by atomic mass is 9.80. The number of H-pyrrole nitrogens is 1. The van der Waals surface area contributed by atoms with Crippen LogP contribution in [0.25, 0.3) is 181 Å². The average Bonchev–Trinajstić information content (AvgIpc) is 1.56. The highest BCUT2D eigenvalue weighted by molar-refractivity contribution is 9.10. The molecule has 2 N–H and O–H groups in total. The molecule has 1 aliphatic heterocycles. The molecule has 0 saturated heterocycles. The van der Waals surface area contributed by atoms with Crippen LogP contribution in [0, 0.1) is 42.0 Å². The van der Waals surface area contributed by atoms with Crippen LogP contribution in [0.15, 0.2) is 429 Å². The SMILES string of the molecule is C1=CC2Nc3ccc4ccccc4c3C2c2ccccc21.Clc1nc(-c2ccccc2)c2ccccc2n1.O=[N+]([O-])c1ccc(-n2c3ccc4ccccc4c3c3c4ccccc4ccc32)cc1-c1ccccc1.O=[N+]([O-])c1ccc(F)cc1-c1ccccc1.O=[N+]([O-])c1ccc(F)cc1Br.c1ccc2c(c1)ccc1c2c2c3ccccc3ccc2n1-c1ccc2[nH]c3ccccc3c2c1. The van der Waals surface area contributed by atoms with Crippen LogP contribution in [0.3, 0.4) is 0 Å². The fraction of sp³-hybridized carbons (Fsp3) is 0.0172. The minimum absolute atomic E-state index is 0.0902. The van der Waals surface area contributed by atoms with E-state index in [1.54, 1.807) is 36.4 Å². The largest absolute Gasteiger partial charge is 0.378 e. The zero-order valence-electron chi connectivity index (χ0n) is 71.7. The van der Waals surface area contributed by atoms with Gasteiger partial charge < -0.3 is 19.4 Å². The summed E-state index contributed by atoms with van der Waals surface area (Å²) in [4.78, 5) is 43.6. The number of nitrogens with one attached hydrogen (secondary N) is 2. The van der Waals surface area contributed by atoms with Crippen LogP contribution in [-0.4, -0.2) is 44.9 Å². The average molecular weight is 1840 g/mol. The number of para-hydroxylation sites is 2. The van der Waals surface area contributed by atoms with Crippen molar-refractivity contribution in [1.82, 2.24) is 24.1 Å². The first kappa shape index (κ1) is 84.6. The Morgan fingerprint density at radius 2 is 0.748 bits per heavy atom. The smallest absolute Gasteiger partial charge is 0.283 e. The number of halogens is 4. The molecular weight excluding hydrogens is 1770 g/mol. The number of nitro groups is 3. The van der Waals surface area contributed by atoms with Crippen molar-refractivity contribution in [3.05, 3.63) is 493 Å². The van der Waals surface area contributed by atoms with E-state index < -0.39 is 21.5 Å². The van der Waals surface area contributed by atoms with Crippen LogP contribution in [0.1, 0.15) is 22.6 Å². The van der Waals surface area contributed by atoms with Crippen LogP contribution in [0.4, 0.5) is 31.5 Å². The zero-order chi connectivity index (χ0) is 91.9. The maximum absolute atomic E-state index is 13.1. The van der Waals surface area contributed by atoms with E-state index in [1.165, 1.54) is 148 Å². The van der Waals surface area contributed by atoms with E-state index in [2.05, 4.69) is 306 Å². The van der Waals surface area contributed by atoms with E-state index in [-0.39, 0.29) is 31.7 Å². The molecule has 20 aromatic carbocycles. The zero-order valence-corrected chi connectivity index (χ0v) is 74.1. The molecule has 24 aromatic rings. The normalized spacial score (nSPS) is 12.8. The number of hydrogen-bond donors (Lipinski definition) is 2. The second kappa shape index (κ2) is 36.3. The molecule has 2 aliphatic rings. The van der Waals surface area contributed by atoms with Crippen molar-refractivity contribution in [3.8, 4) is 44.9 Å². The molecule has 2 atom stereocenters. The van der Waals surface area contributed by atoms with Gasteiger partial charge in [0, 0.05) is 95.5 Å². The Kier molecular flexibility index (Phi) is 22.7. The topological polar surface area (TPSA) is 193 Å². The summed E-state index contributed by atoms with van der Waals surface area (Å²) in [6.45, 7) is 0. The number of hydrogen-bond acceptors (Lipinski definition) is 9. The number of aromatic nitrogens is 5. The van der Waals surface area contributed by atoms with E-state index in [0.29, 0.717) is 28.7 Å². The Balaban J connectivity index is 0.000000102. The lowest BCUT2D eigenvalue weighted by molar-refractivity contribution is -0.385. The molecule has 0 radical (unpaired) electrons. The van der Waals surface area contributed by atoms with Crippen LogP contribution in [0.5, 0.6) is 0 Å². The second-order valence-corrected chi connectivity index (χ2v) is 34.1. The van der Waals surface area contributed by atoms with Gasteiger partial charge in [-0.1, -0.05) is 315 Å². The van der Waals surface area contributed by atoms with Crippen molar-refractivity contribution in [3.63, 3.8) is 0 Å². The quantitative estimate of drug-likeness (QED) is 0.0846. The van der Waals surface area contributed by atoms with E-state index in [4.69, 9.17) is 11.6 Å². The van der Waals surface area contributed by atoms with Crippen LogP contribution < -0.4 is 5.32 Å². The summed E-state index contributed by atoms with van der Waals surface area (Å²) in [6, 6.07) is 138. The highest BCUT2D eigenvalue weighted by Gasteiger charge is 2.36. The van der Waals surface area contributed by atoms with Crippen LogP contribution in [0.2, 0.25) is 5.28 Å². The summed E-state index contributed by atoms with van der Waals surface area (Å²) in [5, 5.41) is 58.0. The minimum atomic E-state index is -0.580. The Morgan fingerprint density at radius 3 is 1.27 bits per heavy atom. The van der Waals surface area contributed by atoms with E-state index in [0.717, 1.165) is 68.7 Å².